The summed E-state index contributed by atoms with van der Waals surface area (Å²) in [7, 11) is 0. The molecule has 0 amide bonds. The van der Waals surface area contributed by atoms with Gasteiger partial charge in [-0.05, 0) is 24.7 Å². The molecule has 100 valence electrons. The van der Waals surface area contributed by atoms with Crippen molar-refractivity contribution in [3.05, 3.63) is 28.5 Å². The zero-order valence-electron chi connectivity index (χ0n) is 10.4. The van der Waals surface area contributed by atoms with Crippen molar-refractivity contribution in [2.75, 3.05) is 23.7 Å². The van der Waals surface area contributed by atoms with Gasteiger partial charge in [-0.25, -0.2) is 4.98 Å². The number of nitrogens with two attached hydrogens (primary N) is 1. The molecule has 7 nitrogen and oxygen atoms in total. The van der Waals surface area contributed by atoms with Crippen molar-refractivity contribution in [1.29, 1.82) is 0 Å². The van der Waals surface area contributed by atoms with E-state index in [0.717, 1.165) is 25.9 Å². The molecule has 19 heavy (non-hydrogen) atoms. The Morgan fingerprint density at radius 3 is 2.47 bits per heavy atom. The maximum atomic E-state index is 10.7. The van der Waals surface area contributed by atoms with E-state index in [1.807, 2.05) is 0 Å². The normalized spacial score (nSPS) is 25.4. The predicted octanol–water partition coefficient (Wildman–Crippen LogP) is 1.37. The highest BCUT2D eigenvalue weighted by Crippen LogP contribution is 2.34. The van der Waals surface area contributed by atoms with Gasteiger partial charge < -0.3 is 10.6 Å². The molecule has 1 aliphatic carbocycles. The van der Waals surface area contributed by atoms with Gasteiger partial charge in [0.05, 0.1) is 4.92 Å². The van der Waals surface area contributed by atoms with Crippen molar-refractivity contribution in [2.45, 2.75) is 12.8 Å². The molecule has 7 heteroatoms. The first kappa shape index (κ1) is 11.9. The van der Waals surface area contributed by atoms with Gasteiger partial charge in [-0.2, -0.15) is 4.98 Å². The third-order valence-electron chi connectivity index (χ3n) is 3.89. The zero-order valence-corrected chi connectivity index (χ0v) is 10.4. The third-order valence-corrected chi connectivity index (χ3v) is 3.89. The smallest absolute Gasteiger partial charge is 0.329 e. The quantitative estimate of drug-likeness (QED) is 0.490. The lowest BCUT2D eigenvalue weighted by molar-refractivity contribution is -0.384. The van der Waals surface area contributed by atoms with Crippen LogP contribution < -0.4 is 10.6 Å². The number of anilines is 2. The Bertz CT molecular complexity index is 529. The van der Waals surface area contributed by atoms with Crippen LogP contribution in [0.3, 0.4) is 0 Å². The molecule has 1 aliphatic heterocycles. The van der Waals surface area contributed by atoms with Crippen LogP contribution in [0.1, 0.15) is 12.8 Å². The summed E-state index contributed by atoms with van der Waals surface area (Å²) >= 11 is 0. The molecule has 0 saturated carbocycles. The maximum Gasteiger partial charge on any atom is 0.329 e. The fourth-order valence-electron chi connectivity index (χ4n) is 2.85. The first-order valence-electron chi connectivity index (χ1n) is 6.32. The van der Waals surface area contributed by atoms with E-state index >= 15 is 0 Å². The van der Waals surface area contributed by atoms with Crippen molar-refractivity contribution in [2.24, 2.45) is 11.8 Å². The summed E-state index contributed by atoms with van der Waals surface area (Å²) < 4.78 is 0. The van der Waals surface area contributed by atoms with E-state index < -0.39 is 4.92 Å². The molecule has 0 bridgehead atoms. The number of nitro groups is 1. The molecule has 2 N–H and O–H groups in total. The highest BCUT2D eigenvalue weighted by molar-refractivity contribution is 5.54. The second kappa shape index (κ2) is 4.49. The van der Waals surface area contributed by atoms with E-state index in [4.69, 9.17) is 5.73 Å². The van der Waals surface area contributed by atoms with Gasteiger partial charge in [0, 0.05) is 13.1 Å². The second-order valence-electron chi connectivity index (χ2n) is 5.07. The average molecular weight is 261 g/mol. The standard InChI is InChI=1S/C12H15N5O2/c13-11-10(17(18)19)5-14-12(15-11)16-6-8-3-1-2-4-9(8)7-16/h1-2,5,8-9H,3-4,6-7H2,(H2,13,14,15). The third kappa shape index (κ3) is 2.11. The number of hydrogen-bond acceptors (Lipinski definition) is 6. The highest BCUT2D eigenvalue weighted by atomic mass is 16.6. The summed E-state index contributed by atoms with van der Waals surface area (Å²) in [5.74, 6) is 1.69. The predicted molar refractivity (Wildman–Crippen MR) is 70.7 cm³/mol. The Morgan fingerprint density at radius 1 is 1.32 bits per heavy atom. The van der Waals surface area contributed by atoms with E-state index in [-0.39, 0.29) is 11.5 Å². The number of aromatic nitrogens is 2. The van der Waals surface area contributed by atoms with Crippen molar-refractivity contribution in [3.8, 4) is 0 Å². The Hall–Kier alpha value is -2.18. The molecule has 1 saturated heterocycles. The molecule has 2 heterocycles. The summed E-state index contributed by atoms with van der Waals surface area (Å²) in [5.41, 5.74) is 5.37. The van der Waals surface area contributed by atoms with Crippen LogP contribution in [0.2, 0.25) is 0 Å². The molecule has 1 aromatic rings. The van der Waals surface area contributed by atoms with Crippen molar-refractivity contribution in [3.63, 3.8) is 0 Å². The van der Waals surface area contributed by atoms with Crippen LogP contribution >= 0.6 is 0 Å². The maximum absolute atomic E-state index is 10.7. The number of hydrogen-bond donors (Lipinski definition) is 1. The van der Waals surface area contributed by atoms with Crippen LogP contribution in [0.15, 0.2) is 18.3 Å². The molecule has 2 aliphatic rings. The van der Waals surface area contributed by atoms with Crippen molar-refractivity contribution >= 4 is 17.5 Å². The molecular formula is C12H15N5O2. The van der Waals surface area contributed by atoms with Crippen LogP contribution in [0.4, 0.5) is 17.5 Å². The molecule has 1 aromatic heterocycles. The van der Waals surface area contributed by atoms with Gasteiger partial charge in [-0.3, -0.25) is 10.1 Å². The Labute approximate surface area is 110 Å². The van der Waals surface area contributed by atoms with Crippen LogP contribution in [-0.2, 0) is 0 Å². The van der Waals surface area contributed by atoms with E-state index in [2.05, 4.69) is 27.0 Å². The van der Waals surface area contributed by atoms with E-state index in [1.165, 1.54) is 6.20 Å². The molecule has 0 radical (unpaired) electrons. The minimum Gasteiger partial charge on any atom is -0.378 e. The molecule has 0 aromatic carbocycles. The van der Waals surface area contributed by atoms with Gasteiger partial charge in [-0.1, -0.05) is 12.2 Å². The molecule has 2 atom stereocenters. The number of rotatable bonds is 2. The second-order valence-corrected chi connectivity index (χ2v) is 5.07. The highest BCUT2D eigenvalue weighted by Gasteiger charge is 2.34. The first-order chi connectivity index (χ1) is 9.15. The van der Waals surface area contributed by atoms with Crippen molar-refractivity contribution in [1.82, 2.24) is 9.97 Å². The lowest BCUT2D eigenvalue weighted by atomic mass is 9.86. The minimum atomic E-state index is -0.563. The average Bonchev–Trinajstić information content (AvgIpc) is 2.81. The molecule has 3 rings (SSSR count). The largest absolute Gasteiger partial charge is 0.378 e. The van der Waals surface area contributed by atoms with E-state index in [0.29, 0.717) is 17.8 Å². The van der Waals surface area contributed by atoms with Crippen LogP contribution in [0.25, 0.3) is 0 Å². The SMILES string of the molecule is Nc1nc(N2CC3CC=CCC3C2)ncc1[N+](=O)[O-]. The van der Waals surface area contributed by atoms with Crippen LogP contribution in [0, 0.1) is 22.0 Å². The van der Waals surface area contributed by atoms with Gasteiger partial charge in [0.15, 0.2) is 0 Å². The number of nitrogens with zero attached hydrogens (tertiary/aromatic N) is 4. The molecule has 1 fully saturated rings. The van der Waals surface area contributed by atoms with Gasteiger partial charge in [-0.15, -0.1) is 0 Å². The number of allylic oxidation sites excluding steroid dienone is 2. The monoisotopic (exact) mass is 261 g/mol. The molecule has 0 spiro atoms. The topological polar surface area (TPSA) is 98.2 Å². The summed E-state index contributed by atoms with van der Waals surface area (Å²) in [6.45, 7) is 1.79. The summed E-state index contributed by atoms with van der Waals surface area (Å²) in [4.78, 5) is 20.3. The summed E-state index contributed by atoms with van der Waals surface area (Å²) in [5, 5.41) is 10.7. The van der Waals surface area contributed by atoms with Gasteiger partial charge in [0.25, 0.3) is 0 Å². The molecular weight excluding hydrogens is 246 g/mol. The Morgan fingerprint density at radius 2 is 1.95 bits per heavy atom. The number of nitrogen functional groups attached to an aromatic ring is 1. The number of fused-ring (bicyclic) bond motifs is 1. The van der Waals surface area contributed by atoms with Gasteiger partial charge in [0.1, 0.15) is 6.20 Å². The fourth-order valence-corrected chi connectivity index (χ4v) is 2.85. The van der Waals surface area contributed by atoms with Crippen LogP contribution in [0.5, 0.6) is 0 Å². The molecule has 2 unspecified atom stereocenters. The lowest BCUT2D eigenvalue weighted by Gasteiger charge is -2.17. The van der Waals surface area contributed by atoms with E-state index in [9.17, 15) is 10.1 Å². The summed E-state index contributed by atoms with van der Waals surface area (Å²) in [6, 6.07) is 0. The van der Waals surface area contributed by atoms with Gasteiger partial charge >= 0.3 is 5.69 Å². The van der Waals surface area contributed by atoms with Crippen LogP contribution in [-0.4, -0.2) is 28.0 Å². The minimum absolute atomic E-state index is 0.0667. The lowest BCUT2D eigenvalue weighted by Crippen LogP contribution is -2.22. The first-order valence-corrected chi connectivity index (χ1v) is 6.32. The van der Waals surface area contributed by atoms with Crippen molar-refractivity contribution < 1.29 is 4.92 Å². The Kier molecular flexibility index (Phi) is 2.81. The summed E-state index contributed by atoms with van der Waals surface area (Å²) in [6.07, 6.45) is 7.80. The fraction of sp³-hybridized carbons (Fsp3) is 0.500. The van der Waals surface area contributed by atoms with E-state index in [1.54, 1.807) is 0 Å². The van der Waals surface area contributed by atoms with Gasteiger partial charge in [0.2, 0.25) is 11.8 Å². The zero-order chi connectivity index (χ0) is 13.4. The Balaban J connectivity index is 1.80.